The molecule has 1 saturated carbocycles. The number of benzene rings is 1. The molecular formula is C26H28N6O5. The highest BCUT2D eigenvalue weighted by Gasteiger charge is 2.34. The molecule has 0 radical (unpaired) electrons. The lowest BCUT2D eigenvalue weighted by atomic mass is 10.0. The van der Waals surface area contributed by atoms with Crippen molar-refractivity contribution in [2.45, 2.75) is 57.8 Å². The summed E-state index contributed by atoms with van der Waals surface area (Å²) in [6.45, 7) is 1.61. The van der Waals surface area contributed by atoms with Crippen LogP contribution in [0.25, 0.3) is 11.6 Å². The maximum atomic E-state index is 13.7. The normalized spacial score (nSPS) is 14.5. The number of nitrogens with zero attached hydrogens (tertiary/aromatic N) is 5. The maximum absolute atomic E-state index is 13.7. The molecule has 192 valence electrons. The molecule has 0 bridgehead atoms. The van der Waals surface area contributed by atoms with Gasteiger partial charge in [-0.25, -0.2) is 0 Å². The van der Waals surface area contributed by atoms with Gasteiger partial charge in [0.05, 0.1) is 12.8 Å². The van der Waals surface area contributed by atoms with Crippen LogP contribution in [-0.2, 0) is 22.7 Å². The Hall–Kier alpha value is -4.41. The number of phenols is 1. The van der Waals surface area contributed by atoms with Crippen LogP contribution >= 0.6 is 0 Å². The van der Waals surface area contributed by atoms with Crippen molar-refractivity contribution in [1.29, 1.82) is 0 Å². The highest BCUT2D eigenvalue weighted by atomic mass is 16.3. The molecular weight excluding hydrogens is 476 g/mol. The number of amides is 2. The first-order chi connectivity index (χ1) is 18.0. The number of aryl methyl sites for hydroxylation is 1. The van der Waals surface area contributed by atoms with E-state index in [-0.39, 0.29) is 36.6 Å². The minimum absolute atomic E-state index is 0.0500. The van der Waals surface area contributed by atoms with Crippen molar-refractivity contribution in [3.8, 4) is 17.3 Å². The van der Waals surface area contributed by atoms with E-state index in [1.807, 2.05) is 6.92 Å². The number of furan rings is 2. The lowest BCUT2D eigenvalue weighted by Crippen LogP contribution is -2.46. The Labute approximate surface area is 213 Å². The molecule has 2 amide bonds. The van der Waals surface area contributed by atoms with E-state index in [4.69, 9.17) is 8.83 Å². The lowest BCUT2D eigenvalue weighted by Gasteiger charge is -2.31. The third kappa shape index (κ3) is 5.71. The van der Waals surface area contributed by atoms with Crippen LogP contribution in [0.3, 0.4) is 0 Å². The first-order valence-electron chi connectivity index (χ1n) is 12.2. The molecule has 1 fully saturated rings. The number of aromatic hydroxyl groups is 1. The highest BCUT2D eigenvalue weighted by molar-refractivity contribution is 5.89. The van der Waals surface area contributed by atoms with E-state index < -0.39 is 11.9 Å². The Bertz CT molecular complexity index is 1340. The largest absolute Gasteiger partial charge is 0.508 e. The van der Waals surface area contributed by atoms with Gasteiger partial charge in [-0.3, -0.25) is 9.59 Å². The number of hydrogen-bond acceptors (Lipinski definition) is 8. The molecule has 11 nitrogen and oxygen atoms in total. The lowest BCUT2D eigenvalue weighted by molar-refractivity contribution is -0.143. The van der Waals surface area contributed by atoms with E-state index in [2.05, 4.69) is 20.7 Å². The van der Waals surface area contributed by atoms with Crippen LogP contribution < -0.4 is 5.32 Å². The van der Waals surface area contributed by atoms with Gasteiger partial charge in [0.2, 0.25) is 17.6 Å². The predicted molar refractivity (Wildman–Crippen MR) is 131 cm³/mol. The van der Waals surface area contributed by atoms with Crippen molar-refractivity contribution in [3.05, 3.63) is 71.9 Å². The predicted octanol–water partition coefficient (Wildman–Crippen LogP) is 3.37. The summed E-state index contributed by atoms with van der Waals surface area (Å²) in [6, 6.07) is 12.4. The molecule has 0 aliphatic heterocycles. The standard InChI is InChI=1S/C26H28N6O5/c1-17-8-13-22(37-17)25-28-30-32(29-25)16-23(34)31(15-21-7-4-14-36-21)24(18-9-11-20(33)12-10-18)26(35)27-19-5-2-3-6-19/h4,7-14,19,24,33H,2-3,5-6,15-16H2,1H3,(H,27,35). The summed E-state index contributed by atoms with van der Waals surface area (Å²) in [5.74, 6) is 1.29. The van der Waals surface area contributed by atoms with Crippen molar-refractivity contribution in [2.24, 2.45) is 0 Å². The number of carbonyl (C=O) groups excluding carboxylic acids is 2. The van der Waals surface area contributed by atoms with Crippen LogP contribution in [0.4, 0.5) is 0 Å². The summed E-state index contributed by atoms with van der Waals surface area (Å²) in [6.07, 6.45) is 5.43. The summed E-state index contributed by atoms with van der Waals surface area (Å²) in [4.78, 5) is 30.0. The van der Waals surface area contributed by atoms with Gasteiger partial charge in [0.15, 0.2) is 5.76 Å². The van der Waals surface area contributed by atoms with Gasteiger partial charge in [-0.15, -0.1) is 10.2 Å². The van der Waals surface area contributed by atoms with Gasteiger partial charge < -0.3 is 24.2 Å². The molecule has 11 heteroatoms. The smallest absolute Gasteiger partial charge is 0.247 e. The Morgan fingerprint density at radius 2 is 1.95 bits per heavy atom. The monoisotopic (exact) mass is 504 g/mol. The van der Waals surface area contributed by atoms with Crippen molar-refractivity contribution < 1.29 is 23.5 Å². The van der Waals surface area contributed by atoms with Gasteiger partial charge in [0.25, 0.3) is 0 Å². The first-order valence-corrected chi connectivity index (χ1v) is 12.2. The fraction of sp³-hybridized carbons (Fsp3) is 0.346. The first kappa shape index (κ1) is 24.3. The van der Waals surface area contributed by atoms with Crippen molar-refractivity contribution in [2.75, 3.05) is 0 Å². The van der Waals surface area contributed by atoms with E-state index in [0.717, 1.165) is 25.7 Å². The number of aromatic nitrogens is 4. The average Bonchev–Trinajstić information content (AvgIpc) is 3.69. The molecule has 5 rings (SSSR count). The summed E-state index contributed by atoms with van der Waals surface area (Å²) in [7, 11) is 0. The summed E-state index contributed by atoms with van der Waals surface area (Å²) < 4.78 is 11.1. The summed E-state index contributed by atoms with van der Waals surface area (Å²) >= 11 is 0. The molecule has 1 aliphatic carbocycles. The Balaban J connectivity index is 1.44. The number of hydrogen-bond donors (Lipinski definition) is 2. The van der Waals surface area contributed by atoms with Crippen LogP contribution in [0.5, 0.6) is 5.75 Å². The zero-order valence-electron chi connectivity index (χ0n) is 20.4. The average molecular weight is 505 g/mol. The molecule has 1 aliphatic rings. The minimum atomic E-state index is -0.963. The van der Waals surface area contributed by atoms with Gasteiger partial charge in [0.1, 0.15) is 29.9 Å². The van der Waals surface area contributed by atoms with Gasteiger partial charge in [-0.1, -0.05) is 25.0 Å². The van der Waals surface area contributed by atoms with Crippen LogP contribution in [-0.4, -0.2) is 48.1 Å². The third-order valence-corrected chi connectivity index (χ3v) is 6.39. The molecule has 1 unspecified atom stereocenters. The number of carbonyl (C=O) groups is 2. The van der Waals surface area contributed by atoms with Crippen molar-refractivity contribution in [3.63, 3.8) is 0 Å². The number of rotatable bonds is 9. The van der Waals surface area contributed by atoms with E-state index in [1.54, 1.807) is 36.4 Å². The molecule has 37 heavy (non-hydrogen) atoms. The van der Waals surface area contributed by atoms with E-state index in [9.17, 15) is 14.7 Å². The molecule has 4 aromatic rings. The maximum Gasteiger partial charge on any atom is 0.247 e. The molecule has 2 N–H and O–H groups in total. The second-order valence-electron chi connectivity index (χ2n) is 9.14. The second kappa shape index (κ2) is 10.7. The number of phenolic OH excluding ortho intramolecular Hbond substituents is 1. The van der Waals surface area contributed by atoms with Gasteiger partial charge in [0, 0.05) is 6.04 Å². The highest BCUT2D eigenvalue weighted by Crippen LogP contribution is 2.28. The molecule has 1 aromatic carbocycles. The van der Waals surface area contributed by atoms with E-state index >= 15 is 0 Å². The van der Waals surface area contributed by atoms with Crippen molar-refractivity contribution >= 4 is 11.8 Å². The quantitative estimate of drug-likeness (QED) is 0.354. The van der Waals surface area contributed by atoms with E-state index in [1.165, 1.54) is 28.1 Å². The molecule has 0 spiro atoms. The molecule has 3 heterocycles. The topological polar surface area (TPSA) is 140 Å². The Morgan fingerprint density at radius 1 is 1.16 bits per heavy atom. The van der Waals surface area contributed by atoms with Gasteiger partial charge in [-0.05, 0) is 66.9 Å². The van der Waals surface area contributed by atoms with Gasteiger partial charge in [-0.2, -0.15) is 4.80 Å². The van der Waals surface area contributed by atoms with Gasteiger partial charge >= 0.3 is 0 Å². The second-order valence-corrected chi connectivity index (χ2v) is 9.14. The third-order valence-electron chi connectivity index (χ3n) is 6.39. The fourth-order valence-corrected chi connectivity index (χ4v) is 4.55. The SMILES string of the molecule is Cc1ccc(-c2nnn(CC(=O)N(Cc3ccco3)C(C(=O)NC3CCCC3)c3ccc(O)cc3)n2)o1. The number of tetrazole rings is 1. The zero-order valence-corrected chi connectivity index (χ0v) is 20.4. The zero-order chi connectivity index (χ0) is 25.8. The van der Waals surface area contributed by atoms with Crippen molar-refractivity contribution in [1.82, 2.24) is 30.4 Å². The van der Waals surface area contributed by atoms with E-state index in [0.29, 0.717) is 22.8 Å². The Morgan fingerprint density at radius 3 is 2.62 bits per heavy atom. The van der Waals surface area contributed by atoms with Crippen LogP contribution in [0.15, 0.2) is 63.6 Å². The summed E-state index contributed by atoms with van der Waals surface area (Å²) in [5.41, 5.74) is 0.562. The Kier molecular flexibility index (Phi) is 7.02. The van der Waals surface area contributed by atoms with Crippen LogP contribution in [0.2, 0.25) is 0 Å². The fourth-order valence-electron chi connectivity index (χ4n) is 4.55. The molecule has 1 atom stereocenters. The summed E-state index contributed by atoms with van der Waals surface area (Å²) in [5, 5.41) is 25.2. The van der Waals surface area contributed by atoms with Crippen LogP contribution in [0, 0.1) is 6.92 Å². The minimum Gasteiger partial charge on any atom is -0.508 e. The van der Waals surface area contributed by atoms with Crippen LogP contribution in [0.1, 0.15) is 48.8 Å². The molecule has 3 aromatic heterocycles. The molecule has 0 saturated heterocycles. The number of nitrogens with one attached hydrogen (secondary N) is 1.